The van der Waals surface area contributed by atoms with Gasteiger partial charge in [0.1, 0.15) is 0 Å². The van der Waals surface area contributed by atoms with E-state index in [4.69, 9.17) is 0 Å². The zero-order valence-corrected chi connectivity index (χ0v) is 16.0. The minimum Gasteiger partial charge on any atom is -0.325 e. The second-order valence-electron chi connectivity index (χ2n) is 5.13. The van der Waals surface area contributed by atoms with Gasteiger partial charge in [-0.2, -0.15) is 0 Å². The average Bonchev–Trinajstić information content (AvgIpc) is 2.91. The number of thioether (sulfide) groups is 1. The molecule has 0 fully saturated rings. The molecule has 2 aromatic heterocycles. The van der Waals surface area contributed by atoms with Gasteiger partial charge < -0.3 is 5.32 Å². The van der Waals surface area contributed by atoms with E-state index in [2.05, 4.69) is 26.2 Å². The molecule has 0 aliphatic rings. The van der Waals surface area contributed by atoms with Crippen LogP contribution in [0.1, 0.15) is 11.4 Å². The number of carbonyl (C=O) groups excluding carboxylic acids is 1. The molecule has 2 heterocycles. The predicted molar refractivity (Wildman–Crippen MR) is 103 cm³/mol. The largest absolute Gasteiger partial charge is 0.325 e. The van der Waals surface area contributed by atoms with Crippen LogP contribution < -0.4 is 10.9 Å². The Morgan fingerprint density at radius 3 is 2.88 bits per heavy atom. The lowest BCUT2D eigenvalue weighted by Crippen LogP contribution is -2.16. The third-order valence-electron chi connectivity index (χ3n) is 3.24. The molecule has 0 saturated carbocycles. The number of aryl methyl sites for hydroxylation is 1. The van der Waals surface area contributed by atoms with E-state index in [9.17, 15) is 9.59 Å². The summed E-state index contributed by atoms with van der Waals surface area (Å²) in [5.41, 5.74) is 2.27. The Morgan fingerprint density at radius 1 is 1.38 bits per heavy atom. The highest BCUT2D eigenvalue weighted by atomic mass is 79.9. The van der Waals surface area contributed by atoms with Crippen molar-refractivity contribution in [3.8, 4) is 0 Å². The lowest BCUT2D eigenvalue weighted by molar-refractivity contribution is -0.113. The first-order valence-electron chi connectivity index (χ1n) is 7.13. The minimum absolute atomic E-state index is 0.0753. The number of amides is 1. The number of thiazole rings is 1. The van der Waals surface area contributed by atoms with Gasteiger partial charge in [-0.1, -0.05) is 15.9 Å². The number of halogens is 1. The summed E-state index contributed by atoms with van der Waals surface area (Å²) >= 11 is 6.23. The zero-order chi connectivity index (χ0) is 17.1. The molecule has 0 radical (unpaired) electrons. The smallest absolute Gasteiger partial charge is 0.258 e. The molecule has 0 unspecified atom stereocenters. The third-order valence-corrected chi connectivity index (χ3v) is 5.68. The Hall–Kier alpha value is -1.64. The highest BCUT2D eigenvalue weighted by molar-refractivity contribution is 9.10. The molecular formula is C16H14BrN3O2S2. The maximum absolute atomic E-state index is 12.1. The van der Waals surface area contributed by atoms with Crippen molar-refractivity contribution in [3.63, 3.8) is 0 Å². The standard InChI is InChI=1S/C16H14BrN3O2S2/c1-10-7-24-16-19-13(6-15(22)20(10)16)8-23-9-14(21)18-12-4-2-11(17)3-5-12/h2-7H,8-9H2,1H3,(H,18,21). The molecule has 0 aliphatic carbocycles. The number of hydrogen-bond donors (Lipinski definition) is 1. The van der Waals surface area contributed by atoms with Crippen LogP contribution in [0, 0.1) is 6.92 Å². The Balaban J connectivity index is 1.57. The van der Waals surface area contributed by atoms with Gasteiger partial charge in [0.05, 0.1) is 11.4 Å². The van der Waals surface area contributed by atoms with Gasteiger partial charge in [0.2, 0.25) is 5.91 Å². The maximum Gasteiger partial charge on any atom is 0.258 e. The molecule has 0 atom stereocenters. The van der Waals surface area contributed by atoms with Crippen LogP contribution in [0.3, 0.4) is 0 Å². The quantitative estimate of drug-likeness (QED) is 0.679. The van der Waals surface area contributed by atoms with E-state index in [-0.39, 0.29) is 11.5 Å². The van der Waals surface area contributed by atoms with Crippen molar-refractivity contribution in [1.82, 2.24) is 9.38 Å². The zero-order valence-electron chi connectivity index (χ0n) is 12.8. The lowest BCUT2D eigenvalue weighted by atomic mass is 10.3. The van der Waals surface area contributed by atoms with Crippen molar-refractivity contribution in [2.24, 2.45) is 0 Å². The first-order chi connectivity index (χ1) is 11.5. The summed E-state index contributed by atoms with van der Waals surface area (Å²) in [7, 11) is 0. The molecule has 1 amide bonds. The predicted octanol–water partition coefficient (Wildman–Crippen LogP) is 3.70. The molecule has 0 saturated heterocycles. The number of rotatable bonds is 5. The van der Waals surface area contributed by atoms with Gasteiger partial charge in [-0.05, 0) is 31.2 Å². The third kappa shape index (κ3) is 4.06. The number of fused-ring (bicyclic) bond motifs is 1. The highest BCUT2D eigenvalue weighted by Gasteiger charge is 2.08. The van der Waals surface area contributed by atoms with Crippen LogP contribution in [0.2, 0.25) is 0 Å². The topological polar surface area (TPSA) is 63.5 Å². The van der Waals surface area contributed by atoms with Crippen LogP contribution >= 0.6 is 39.0 Å². The molecule has 5 nitrogen and oxygen atoms in total. The monoisotopic (exact) mass is 423 g/mol. The fraction of sp³-hybridized carbons (Fsp3) is 0.188. The fourth-order valence-electron chi connectivity index (χ4n) is 2.15. The second-order valence-corrected chi connectivity index (χ2v) is 7.87. The van der Waals surface area contributed by atoms with Crippen LogP contribution in [-0.4, -0.2) is 21.0 Å². The second kappa shape index (κ2) is 7.50. The summed E-state index contributed by atoms with van der Waals surface area (Å²) < 4.78 is 2.56. The van der Waals surface area contributed by atoms with Gasteiger partial charge in [0.25, 0.3) is 5.56 Å². The Kier molecular flexibility index (Phi) is 5.37. The normalized spacial score (nSPS) is 10.9. The summed E-state index contributed by atoms with van der Waals surface area (Å²) in [6, 6.07) is 8.95. The minimum atomic E-state index is -0.0768. The van der Waals surface area contributed by atoms with E-state index in [1.165, 1.54) is 29.2 Å². The molecule has 0 bridgehead atoms. The van der Waals surface area contributed by atoms with E-state index < -0.39 is 0 Å². The first-order valence-corrected chi connectivity index (χ1v) is 9.95. The number of nitrogens with one attached hydrogen (secondary N) is 1. The van der Waals surface area contributed by atoms with Crippen LogP contribution in [-0.2, 0) is 10.5 Å². The average molecular weight is 424 g/mol. The number of aromatic nitrogens is 2. The molecule has 124 valence electrons. The highest BCUT2D eigenvalue weighted by Crippen LogP contribution is 2.16. The summed E-state index contributed by atoms with van der Waals surface area (Å²) in [5.74, 6) is 0.754. The van der Waals surface area contributed by atoms with Gasteiger partial charge in [-0.25, -0.2) is 4.98 Å². The maximum atomic E-state index is 12.1. The van der Waals surface area contributed by atoms with Crippen molar-refractivity contribution in [2.45, 2.75) is 12.7 Å². The van der Waals surface area contributed by atoms with Crippen molar-refractivity contribution in [3.05, 3.63) is 61.9 Å². The molecule has 3 aromatic rings. The first kappa shape index (κ1) is 17.2. The van der Waals surface area contributed by atoms with E-state index >= 15 is 0 Å². The summed E-state index contributed by atoms with van der Waals surface area (Å²) in [6.45, 7) is 1.88. The Labute approximate surface area is 155 Å². The summed E-state index contributed by atoms with van der Waals surface area (Å²) in [5, 5.41) is 4.74. The van der Waals surface area contributed by atoms with Crippen LogP contribution in [0.4, 0.5) is 5.69 Å². The van der Waals surface area contributed by atoms with Crippen molar-refractivity contribution in [2.75, 3.05) is 11.1 Å². The van der Waals surface area contributed by atoms with Gasteiger partial charge in [-0.15, -0.1) is 23.1 Å². The molecule has 1 aromatic carbocycles. The molecule has 24 heavy (non-hydrogen) atoms. The van der Waals surface area contributed by atoms with Crippen molar-refractivity contribution < 1.29 is 4.79 Å². The van der Waals surface area contributed by atoms with Crippen molar-refractivity contribution >= 4 is 55.6 Å². The van der Waals surface area contributed by atoms with Crippen LogP contribution in [0.25, 0.3) is 4.96 Å². The van der Waals surface area contributed by atoms with Crippen LogP contribution in [0.15, 0.2) is 45.0 Å². The molecule has 1 N–H and O–H groups in total. The van der Waals surface area contributed by atoms with Crippen LogP contribution in [0.5, 0.6) is 0 Å². The molecule has 0 spiro atoms. The van der Waals surface area contributed by atoms with E-state index in [0.29, 0.717) is 22.2 Å². The SMILES string of the molecule is Cc1csc2nc(CSCC(=O)Nc3ccc(Br)cc3)cc(=O)n12. The van der Waals surface area contributed by atoms with Gasteiger partial charge >= 0.3 is 0 Å². The molecule has 3 rings (SSSR count). The molecular weight excluding hydrogens is 410 g/mol. The number of carbonyl (C=O) groups is 1. The van der Waals surface area contributed by atoms with Gasteiger partial charge in [-0.3, -0.25) is 14.0 Å². The van der Waals surface area contributed by atoms with E-state index in [1.807, 2.05) is 36.6 Å². The fourth-order valence-corrected chi connectivity index (χ4v) is 4.03. The Bertz CT molecular complexity index is 935. The summed E-state index contributed by atoms with van der Waals surface area (Å²) in [6.07, 6.45) is 0. The van der Waals surface area contributed by atoms with Gasteiger partial charge in [0, 0.05) is 33.1 Å². The number of hydrogen-bond acceptors (Lipinski definition) is 5. The van der Waals surface area contributed by atoms with Crippen molar-refractivity contribution in [1.29, 1.82) is 0 Å². The van der Waals surface area contributed by atoms with Gasteiger partial charge in [0.15, 0.2) is 4.96 Å². The lowest BCUT2D eigenvalue weighted by Gasteiger charge is -2.05. The number of benzene rings is 1. The summed E-state index contributed by atoms with van der Waals surface area (Å²) in [4.78, 5) is 29.2. The number of anilines is 1. The Morgan fingerprint density at radius 2 is 2.12 bits per heavy atom. The molecule has 0 aliphatic heterocycles. The molecule has 8 heteroatoms. The van der Waals surface area contributed by atoms with E-state index in [1.54, 1.807) is 4.40 Å². The number of nitrogens with zero attached hydrogens (tertiary/aromatic N) is 2. The van der Waals surface area contributed by atoms with E-state index in [0.717, 1.165) is 15.9 Å².